The van der Waals surface area contributed by atoms with Crippen molar-refractivity contribution in [1.29, 1.82) is 0 Å². The van der Waals surface area contributed by atoms with Gasteiger partial charge < -0.3 is 9.80 Å². The molecule has 0 amide bonds. The van der Waals surface area contributed by atoms with E-state index in [9.17, 15) is 4.79 Å². The van der Waals surface area contributed by atoms with Gasteiger partial charge in [-0.1, -0.05) is 27.7 Å². The first-order valence-electron chi connectivity index (χ1n) is 13.0. The molecule has 4 rings (SSSR count). The van der Waals surface area contributed by atoms with E-state index in [2.05, 4.69) is 59.7 Å². The maximum absolute atomic E-state index is 12.3. The molecule has 0 atom stereocenters. The average Bonchev–Trinajstić information content (AvgIpc) is 3.30. The number of nitrogens with zero attached hydrogens (tertiary/aromatic N) is 4. The Labute approximate surface area is 189 Å². The highest BCUT2D eigenvalue weighted by atomic mass is 16.1. The zero-order valence-electron chi connectivity index (χ0n) is 20.3. The lowest BCUT2D eigenvalue weighted by Gasteiger charge is -2.45. The van der Waals surface area contributed by atoms with Crippen LogP contribution in [0.4, 0.5) is 0 Å². The predicted molar refractivity (Wildman–Crippen MR) is 126 cm³/mol. The van der Waals surface area contributed by atoms with E-state index in [0.717, 1.165) is 24.9 Å². The van der Waals surface area contributed by atoms with Crippen molar-refractivity contribution in [1.82, 2.24) is 19.6 Å². The topological polar surface area (TPSA) is 41.4 Å². The van der Waals surface area contributed by atoms with Gasteiger partial charge in [0.15, 0.2) is 0 Å². The fourth-order valence-electron chi connectivity index (χ4n) is 6.18. The number of Topliss-reactive ketones (excluding diaryl/α,β-unsaturated/α-hetero) is 1. The van der Waals surface area contributed by atoms with Crippen molar-refractivity contribution in [3.05, 3.63) is 18.0 Å². The van der Waals surface area contributed by atoms with Crippen molar-refractivity contribution < 1.29 is 4.79 Å². The van der Waals surface area contributed by atoms with Crippen LogP contribution in [0.3, 0.4) is 0 Å². The summed E-state index contributed by atoms with van der Waals surface area (Å²) in [6.45, 7) is 13.5. The molecule has 5 nitrogen and oxygen atoms in total. The zero-order chi connectivity index (χ0) is 22.0. The second-order valence-corrected chi connectivity index (χ2v) is 11.0. The molecule has 3 fully saturated rings. The molecule has 0 radical (unpaired) electrons. The van der Waals surface area contributed by atoms with Crippen molar-refractivity contribution in [2.45, 2.75) is 103 Å². The van der Waals surface area contributed by atoms with Crippen molar-refractivity contribution in [2.75, 3.05) is 26.2 Å². The van der Waals surface area contributed by atoms with Crippen LogP contribution >= 0.6 is 0 Å². The fraction of sp³-hybridized carbons (Fsp3) is 0.846. The number of likely N-dealkylation sites (tertiary alicyclic amines) is 2. The molecule has 2 saturated heterocycles. The largest absolute Gasteiger partial charge is 0.300 e. The van der Waals surface area contributed by atoms with Crippen LogP contribution in [0.15, 0.2) is 12.4 Å². The van der Waals surface area contributed by atoms with Gasteiger partial charge >= 0.3 is 0 Å². The highest BCUT2D eigenvalue weighted by Crippen LogP contribution is 2.33. The molecule has 5 heteroatoms. The molecule has 174 valence electrons. The Kier molecular flexibility index (Phi) is 7.53. The molecule has 3 aliphatic rings. The maximum atomic E-state index is 12.3. The molecule has 1 aromatic rings. The summed E-state index contributed by atoms with van der Waals surface area (Å²) in [6.07, 6.45) is 14.1. The Morgan fingerprint density at radius 2 is 1.32 bits per heavy atom. The lowest BCUT2D eigenvalue weighted by molar-refractivity contribution is -0.127. The summed E-state index contributed by atoms with van der Waals surface area (Å²) in [5.41, 5.74) is 1.36. The molecule has 31 heavy (non-hydrogen) atoms. The molecular formula is C26H44N4O. The Bertz CT molecular complexity index is 703. The number of carbonyl (C=O) groups excluding carboxylic acids is 1. The van der Waals surface area contributed by atoms with Crippen LogP contribution in [0.2, 0.25) is 0 Å². The van der Waals surface area contributed by atoms with Gasteiger partial charge in [0.1, 0.15) is 5.78 Å². The normalized spacial score (nSPS) is 27.9. The van der Waals surface area contributed by atoms with E-state index in [1.165, 1.54) is 70.3 Å². The molecule has 1 saturated carbocycles. The van der Waals surface area contributed by atoms with E-state index in [-0.39, 0.29) is 5.92 Å². The van der Waals surface area contributed by atoms with Gasteiger partial charge in [-0.2, -0.15) is 5.10 Å². The third kappa shape index (κ3) is 5.42. The third-order valence-electron chi connectivity index (χ3n) is 8.36. The Balaban J connectivity index is 1.19. The second kappa shape index (κ2) is 10.2. The highest BCUT2D eigenvalue weighted by molar-refractivity contribution is 5.82. The number of carbonyl (C=O) groups is 1. The van der Waals surface area contributed by atoms with Crippen molar-refractivity contribution in [2.24, 2.45) is 11.8 Å². The molecule has 1 aliphatic carbocycles. The van der Waals surface area contributed by atoms with Gasteiger partial charge in [-0.15, -0.1) is 0 Å². The quantitative estimate of drug-likeness (QED) is 0.647. The molecular weight excluding hydrogens is 384 g/mol. The number of piperidine rings is 2. The predicted octanol–water partition coefficient (Wildman–Crippen LogP) is 4.89. The van der Waals surface area contributed by atoms with Crippen molar-refractivity contribution in [3.8, 4) is 0 Å². The van der Waals surface area contributed by atoms with Crippen LogP contribution < -0.4 is 0 Å². The van der Waals surface area contributed by atoms with Gasteiger partial charge in [-0.3, -0.25) is 9.48 Å². The summed E-state index contributed by atoms with van der Waals surface area (Å²) in [5, 5.41) is 4.66. The molecule has 2 aliphatic heterocycles. The van der Waals surface area contributed by atoms with Crippen LogP contribution in [0.5, 0.6) is 0 Å². The standard InChI is InChI=1S/C26H44N4O/c1-19(2)22-17-27-30(18-22)25-11-15-29(16-12-25)24-9-13-28(14-10-24)23-7-5-21(6-8-23)26(31)20(3)4/h17-21,23-25H,5-16H2,1-4H3/t21-,23+. The van der Waals surface area contributed by atoms with Crippen molar-refractivity contribution >= 4 is 5.78 Å². The monoisotopic (exact) mass is 428 g/mol. The lowest BCUT2D eigenvalue weighted by atomic mass is 9.79. The minimum absolute atomic E-state index is 0.201. The summed E-state index contributed by atoms with van der Waals surface area (Å²) < 4.78 is 2.23. The van der Waals surface area contributed by atoms with Crippen LogP contribution in [0.25, 0.3) is 0 Å². The summed E-state index contributed by atoms with van der Waals surface area (Å²) >= 11 is 0. The minimum atomic E-state index is 0.201. The smallest absolute Gasteiger partial charge is 0.138 e. The molecule has 0 bridgehead atoms. The maximum Gasteiger partial charge on any atom is 0.138 e. The van der Waals surface area contributed by atoms with E-state index >= 15 is 0 Å². The first-order valence-corrected chi connectivity index (χ1v) is 13.0. The van der Waals surface area contributed by atoms with Crippen LogP contribution in [0.1, 0.15) is 96.6 Å². The first-order chi connectivity index (χ1) is 14.9. The Morgan fingerprint density at radius 1 is 0.806 bits per heavy atom. The lowest BCUT2D eigenvalue weighted by Crippen LogP contribution is -2.50. The molecule has 1 aromatic heterocycles. The van der Waals surface area contributed by atoms with Crippen molar-refractivity contribution in [3.63, 3.8) is 0 Å². The zero-order valence-corrected chi connectivity index (χ0v) is 20.3. The molecule has 0 spiro atoms. The Morgan fingerprint density at radius 3 is 1.81 bits per heavy atom. The second-order valence-electron chi connectivity index (χ2n) is 11.0. The Hall–Kier alpha value is -1.20. The van der Waals surface area contributed by atoms with E-state index in [4.69, 9.17) is 0 Å². The van der Waals surface area contributed by atoms with Gasteiger partial charge in [-0.05, 0) is 75.9 Å². The van der Waals surface area contributed by atoms with Gasteiger partial charge in [0.25, 0.3) is 0 Å². The van der Waals surface area contributed by atoms with Crippen LogP contribution in [0, 0.1) is 11.8 Å². The highest BCUT2D eigenvalue weighted by Gasteiger charge is 2.34. The molecule has 0 N–H and O–H groups in total. The molecule has 0 aromatic carbocycles. The summed E-state index contributed by atoms with van der Waals surface area (Å²) in [4.78, 5) is 17.8. The van der Waals surface area contributed by atoms with E-state index in [1.807, 2.05) is 0 Å². The van der Waals surface area contributed by atoms with Crippen LogP contribution in [-0.2, 0) is 4.79 Å². The summed E-state index contributed by atoms with van der Waals surface area (Å²) in [6, 6.07) is 2.06. The van der Waals surface area contributed by atoms with Gasteiger partial charge in [0, 0.05) is 43.2 Å². The molecule has 0 unspecified atom stereocenters. The van der Waals surface area contributed by atoms with Crippen LogP contribution in [-0.4, -0.2) is 63.6 Å². The number of aromatic nitrogens is 2. The number of hydrogen-bond acceptors (Lipinski definition) is 4. The van der Waals surface area contributed by atoms with E-state index in [1.54, 1.807) is 0 Å². The molecule has 3 heterocycles. The number of rotatable bonds is 6. The minimum Gasteiger partial charge on any atom is -0.300 e. The number of hydrogen-bond donors (Lipinski definition) is 0. The first kappa shape index (κ1) is 23.0. The van der Waals surface area contributed by atoms with Gasteiger partial charge in [0.2, 0.25) is 0 Å². The van der Waals surface area contributed by atoms with Gasteiger partial charge in [0.05, 0.1) is 12.2 Å². The SMILES string of the molecule is CC(C)c1cnn(C2CCN(C3CCN([C@H]4CC[C@@H](C(=O)C(C)C)CC4)CC3)CC2)c1. The summed E-state index contributed by atoms with van der Waals surface area (Å²) in [7, 11) is 0. The summed E-state index contributed by atoms with van der Waals surface area (Å²) in [5.74, 6) is 1.59. The van der Waals surface area contributed by atoms with E-state index < -0.39 is 0 Å². The third-order valence-corrected chi connectivity index (χ3v) is 8.36. The fourth-order valence-corrected chi connectivity index (χ4v) is 6.18. The van der Waals surface area contributed by atoms with E-state index in [0.29, 0.717) is 23.7 Å². The van der Waals surface area contributed by atoms with Gasteiger partial charge in [-0.25, -0.2) is 0 Å². The number of ketones is 1. The average molecular weight is 429 g/mol.